The van der Waals surface area contributed by atoms with Gasteiger partial charge in [-0.05, 0) is 58.9 Å². The molecule has 5 heteroatoms. The van der Waals surface area contributed by atoms with Crippen molar-refractivity contribution in [2.24, 2.45) is 4.99 Å². The van der Waals surface area contributed by atoms with Gasteiger partial charge in [0.25, 0.3) is 0 Å². The Kier molecular flexibility index (Phi) is 14.2. The zero-order valence-corrected chi connectivity index (χ0v) is 16.5. The monoisotopic (exact) mass is 327 g/mol. The van der Waals surface area contributed by atoms with Gasteiger partial charge in [-0.3, -0.25) is 4.99 Å². The molecule has 0 aliphatic carbocycles. The minimum absolute atomic E-state index is 0.453. The van der Waals surface area contributed by atoms with Gasteiger partial charge in [0.2, 0.25) is 0 Å². The van der Waals surface area contributed by atoms with Crippen LogP contribution in [0.1, 0.15) is 53.9 Å². The highest BCUT2D eigenvalue weighted by Gasteiger charge is 2.07. The van der Waals surface area contributed by atoms with E-state index in [9.17, 15) is 0 Å². The van der Waals surface area contributed by atoms with E-state index in [2.05, 4.69) is 60.0 Å². The van der Waals surface area contributed by atoms with E-state index in [1.165, 1.54) is 32.4 Å². The minimum atomic E-state index is 0.453. The first-order valence-corrected chi connectivity index (χ1v) is 9.52. The topological polar surface area (TPSA) is 42.9 Å². The van der Waals surface area contributed by atoms with Crippen molar-refractivity contribution < 1.29 is 0 Å². The quantitative estimate of drug-likeness (QED) is 0.403. The lowest BCUT2D eigenvalue weighted by atomic mass is 10.2. The Labute approximate surface area is 144 Å². The van der Waals surface area contributed by atoms with Gasteiger partial charge in [0, 0.05) is 26.2 Å². The third-order valence-electron chi connectivity index (χ3n) is 4.32. The van der Waals surface area contributed by atoms with E-state index in [-0.39, 0.29) is 0 Å². The SMILES string of the molecule is CCCN(CC)CCNC(=NC)NC(C)CCCN(CC)CC. The van der Waals surface area contributed by atoms with E-state index in [1.54, 1.807) is 0 Å². The maximum Gasteiger partial charge on any atom is 0.191 e. The van der Waals surface area contributed by atoms with Gasteiger partial charge in [0.1, 0.15) is 0 Å². The minimum Gasteiger partial charge on any atom is -0.355 e. The van der Waals surface area contributed by atoms with Crippen molar-refractivity contribution in [1.82, 2.24) is 20.4 Å². The Balaban J connectivity index is 3.95. The van der Waals surface area contributed by atoms with Gasteiger partial charge in [0.15, 0.2) is 5.96 Å². The van der Waals surface area contributed by atoms with Gasteiger partial charge < -0.3 is 20.4 Å². The summed E-state index contributed by atoms with van der Waals surface area (Å²) in [6.07, 6.45) is 3.62. The molecule has 5 nitrogen and oxygen atoms in total. The average Bonchev–Trinajstić information content (AvgIpc) is 2.56. The normalized spacial score (nSPS) is 13.7. The number of nitrogens with one attached hydrogen (secondary N) is 2. The largest absolute Gasteiger partial charge is 0.355 e. The summed E-state index contributed by atoms with van der Waals surface area (Å²) in [6.45, 7) is 18.9. The molecule has 138 valence electrons. The Morgan fingerprint density at radius 3 is 2.13 bits per heavy atom. The van der Waals surface area contributed by atoms with E-state index >= 15 is 0 Å². The van der Waals surface area contributed by atoms with Crippen molar-refractivity contribution in [2.75, 3.05) is 52.9 Å². The first kappa shape index (κ1) is 22.2. The van der Waals surface area contributed by atoms with Crippen LogP contribution in [0.4, 0.5) is 0 Å². The van der Waals surface area contributed by atoms with Gasteiger partial charge in [0.05, 0.1) is 0 Å². The first-order chi connectivity index (χ1) is 11.1. The summed E-state index contributed by atoms with van der Waals surface area (Å²) >= 11 is 0. The molecule has 0 aliphatic heterocycles. The predicted octanol–water partition coefficient (Wildman–Crippen LogP) is 2.39. The van der Waals surface area contributed by atoms with Crippen LogP contribution < -0.4 is 10.6 Å². The molecule has 0 amide bonds. The van der Waals surface area contributed by atoms with Crippen LogP contribution in [0.25, 0.3) is 0 Å². The highest BCUT2D eigenvalue weighted by atomic mass is 15.2. The summed E-state index contributed by atoms with van der Waals surface area (Å²) in [5, 5.41) is 6.93. The molecule has 0 radical (unpaired) electrons. The fourth-order valence-electron chi connectivity index (χ4n) is 2.74. The summed E-state index contributed by atoms with van der Waals surface area (Å²) in [4.78, 5) is 9.28. The zero-order chi connectivity index (χ0) is 17.5. The molecule has 0 bridgehead atoms. The van der Waals surface area contributed by atoms with Crippen LogP contribution in [-0.4, -0.2) is 74.7 Å². The van der Waals surface area contributed by atoms with Crippen molar-refractivity contribution in [3.8, 4) is 0 Å². The van der Waals surface area contributed by atoms with E-state index in [1.807, 2.05) is 7.05 Å². The van der Waals surface area contributed by atoms with E-state index < -0.39 is 0 Å². The summed E-state index contributed by atoms with van der Waals surface area (Å²) in [5.41, 5.74) is 0. The zero-order valence-electron chi connectivity index (χ0n) is 16.5. The summed E-state index contributed by atoms with van der Waals surface area (Å²) < 4.78 is 0. The van der Waals surface area contributed by atoms with Crippen LogP contribution >= 0.6 is 0 Å². The molecular formula is C18H41N5. The number of hydrogen-bond donors (Lipinski definition) is 2. The number of hydrogen-bond acceptors (Lipinski definition) is 3. The second kappa shape index (κ2) is 14.8. The standard InChI is InChI=1S/C18H41N5/c1-7-14-23(10-4)16-13-20-18(19-6)21-17(5)12-11-15-22(8-2)9-3/h17H,7-16H2,1-6H3,(H2,19,20,21). The third-order valence-corrected chi connectivity index (χ3v) is 4.32. The van der Waals surface area contributed by atoms with Crippen molar-refractivity contribution in [2.45, 2.75) is 59.9 Å². The lowest BCUT2D eigenvalue weighted by Gasteiger charge is -2.23. The molecule has 0 aliphatic rings. The lowest BCUT2D eigenvalue weighted by molar-refractivity contribution is 0.290. The van der Waals surface area contributed by atoms with Crippen molar-refractivity contribution in [3.63, 3.8) is 0 Å². The Bertz CT molecular complexity index is 289. The lowest BCUT2D eigenvalue weighted by Crippen LogP contribution is -2.45. The first-order valence-electron chi connectivity index (χ1n) is 9.52. The van der Waals surface area contributed by atoms with Crippen LogP contribution in [0, 0.1) is 0 Å². The summed E-state index contributed by atoms with van der Waals surface area (Å²) in [7, 11) is 1.85. The van der Waals surface area contributed by atoms with Gasteiger partial charge in [-0.25, -0.2) is 0 Å². The van der Waals surface area contributed by atoms with Gasteiger partial charge in [-0.1, -0.05) is 27.7 Å². The van der Waals surface area contributed by atoms with Crippen molar-refractivity contribution in [1.29, 1.82) is 0 Å². The molecule has 0 saturated heterocycles. The van der Waals surface area contributed by atoms with Gasteiger partial charge >= 0.3 is 0 Å². The molecule has 1 atom stereocenters. The van der Waals surface area contributed by atoms with E-state index in [0.717, 1.165) is 38.7 Å². The fourth-order valence-corrected chi connectivity index (χ4v) is 2.74. The Morgan fingerprint density at radius 1 is 0.957 bits per heavy atom. The fraction of sp³-hybridized carbons (Fsp3) is 0.944. The van der Waals surface area contributed by atoms with Crippen LogP contribution in [0.5, 0.6) is 0 Å². The number of guanidine groups is 1. The highest BCUT2D eigenvalue weighted by Crippen LogP contribution is 1.99. The highest BCUT2D eigenvalue weighted by molar-refractivity contribution is 5.79. The van der Waals surface area contributed by atoms with Crippen LogP contribution in [0.3, 0.4) is 0 Å². The van der Waals surface area contributed by atoms with Crippen LogP contribution in [0.2, 0.25) is 0 Å². The predicted molar refractivity (Wildman–Crippen MR) is 103 cm³/mol. The number of aliphatic imine (C=N–C) groups is 1. The maximum absolute atomic E-state index is 4.34. The van der Waals surface area contributed by atoms with Gasteiger partial charge in [-0.15, -0.1) is 0 Å². The Morgan fingerprint density at radius 2 is 1.61 bits per heavy atom. The van der Waals surface area contributed by atoms with Crippen molar-refractivity contribution in [3.05, 3.63) is 0 Å². The molecule has 0 aromatic carbocycles. The third kappa shape index (κ3) is 11.4. The number of likely N-dealkylation sites (N-methyl/N-ethyl adjacent to an activating group) is 1. The molecule has 0 aromatic heterocycles. The second-order valence-electron chi connectivity index (χ2n) is 6.15. The summed E-state index contributed by atoms with van der Waals surface area (Å²) in [6, 6.07) is 0.453. The molecule has 0 rings (SSSR count). The smallest absolute Gasteiger partial charge is 0.191 e. The number of nitrogens with zero attached hydrogens (tertiary/aromatic N) is 3. The van der Waals surface area contributed by atoms with Gasteiger partial charge in [-0.2, -0.15) is 0 Å². The second-order valence-corrected chi connectivity index (χ2v) is 6.15. The van der Waals surface area contributed by atoms with Crippen molar-refractivity contribution >= 4 is 5.96 Å². The van der Waals surface area contributed by atoms with Crippen LogP contribution in [-0.2, 0) is 0 Å². The van der Waals surface area contributed by atoms with E-state index in [4.69, 9.17) is 0 Å². The summed E-state index contributed by atoms with van der Waals surface area (Å²) in [5.74, 6) is 0.924. The molecule has 2 N–H and O–H groups in total. The Hall–Kier alpha value is -0.810. The molecule has 0 saturated carbocycles. The van der Waals surface area contributed by atoms with E-state index in [0.29, 0.717) is 6.04 Å². The molecule has 1 unspecified atom stereocenters. The maximum atomic E-state index is 4.34. The molecule has 23 heavy (non-hydrogen) atoms. The molecule has 0 heterocycles. The molecule has 0 aromatic rings. The average molecular weight is 328 g/mol. The number of rotatable bonds is 13. The molecule has 0 fully saturated rings. The molecule has 0 spiro atoms. The van der Waals surface area contributed by atoms with Crippen LogP contribution in [0.15, 0.2) is 4.99 Å². The molecular weight excluding hydrogens is 286 g/mol.